The molecule has 0 aliphatic carbocycles. The van der Waals surface area contributed by atoms with Crippen molar-refractivity contribution in [1.82, 2.24) is 25.2 Å². The maximum Gasteiger partial charge on any atom is 0.290 e. The van der Waals surface area contributed by atoms with E-state index in [0.29, 0.717) is 18.8 Å². The van der Waals surface area contributed by atoms with Crippen LogP contribution in [-0.4, -0.2) is 57.0 Å². The number of hydrogen-bond donors (Lipinski definition) is 2. The van der Waals surface area contributed by atoms with E-state index in [-0.39, 0.29) is 12.4 Å². The summed E-state index contributed by atoms with van der Waals surface area (Å²) in [5, 5.41) is 18.1. The molecule has 1 amide bonds. The van der Waals surface area contributed by atoms with Gasteiger partial charge in [-0.3, -0.25) is 19.2 Å². The van der Waals surface area contributed by atoms with E-state index in [0.717, 1.165) is 56.0 Å². The summed E-state index contributed by atoms with van der Waals surface area (Å²) in [4.78, 5) is 23.0. The lowest BCUT2D eigenvalue weighted by Crippen LogP contribution is -2.38. The van der Waals surface area contributed by atoms with E-state index < -0.39 is 0 Å². The van der Waals surface area contributed by atoms with Crippen LogP contribution in [0.25, 0.3) is 0 Å². The molecule has 3 rings (SSSR count). The van der Waals surface area contributed by atoms with Crippen LogP contribution < -0.4 is 5.32 Å². The number of carboxylic acid groups (broad SMARTS) is 1. The highest BCUT2D eigenvalue weighted by Gasteiger charge is 2.20. The normalized spacial score (nSPS) is 14.9. The van der Waals surface area contributed by atoms with Crippen molar-refractivity contribution in [3.63, 3.8) is 0 Å². The molecule has 0 bridgehead atoms. The number of carbonyl (C=O) groups is 2. The van der Waals surface area contributed by atoms with Gasteiger partial charge in [0.2, 0.25) is 5.91 Å². The van der Waals surface area contributed by atoms with Crippen molar-refractivity contribution in [3.8, 4) is 0 Å². The summed E-state index contributed by atoms with van der Waals surface area (Å²) in [6.07, 6.45) is 7.45. The van der Waals surface area contributed by atoms with E-state index in [4.69, 9.17) is 14.4 Å². The van der Waals surface area contributed by atoms with Crippen LogP contribution >= 0.6 is 0 Å². The molecule has 1 fully saturated rings. The first kappa shape index (κ1) is 22.6. The lowest BCUT2D eigenvalue weighted by atomic mass is 9.96. The lowest BCUT2D eigenvalue weighted by Gasteiger charge is -2.31. The second-order valence-electron chi connectivity index (χ2n) is 7.45. The standard InChI is InChI=1S/C19H29N5O2.CH2O2/c1-14-18(15(2)26-22-14)4-5-19(25)20-10-16-6-8-24(9-7-16)13-17-11-21-23(3)12-17;2-1-3/h11-12,16H,4-10,13H2,1-3H3,(H,20,25);1H,(H,2,3). The summed E-state index contributed by atoms with van der Waals surface area (Å²) >= 11 is 0. The van der Waals surface area contributed by atoms with Crippen molar-refractivity contribution in [2.45, 2.75) is 46.1 Å². The van der Waals surface area contributed by atoms with Crippen LogP contribution in [0.5, 0.6) is 0 Å². The largest absolute Gasteiger partial charge is 0.483 e. The molecule has 0 spiro atoms. The predicted molar refractivity (Wildman–Crippen MR) is 107 cm³/mol. The van der Waals surface area contributed by atoms with E-state index >= 15 is 0 Å². The fourth-order valence-corrected chi connectivity index (χ4v) is 3.60. The third-order valence-electron chi connectivity index (χ3n) is 5.24. The summed E-state index contributed by atoms with van der Waals surface area (Å²) in [5.74, 6) is 1.50. The Kier molecular flexibility index (Phi) is 8.85. The van der Waals surface area contributed by atoms with Gasteiger partial charge in [0.25, 0.3) is 6.47 Å². The van der Waals surface area contributed by atoms with E-state index in [1.165, 1.54) is 5.56 Å². The van der Waals surface area contributed by atoms with Gasteiger partial charge in [0.15, 0.2) is 0 Å². The van der Waals surface area contributed by atoms with Crippen LogP contribution in [0.1, 0.15) is 41.8 Å². The van der Waals surface area contributed by atoms with Gasteiger partial charge in [-0.1, -0.05) is 5.16 Å². The predicted octanol–water partition coefficient (Wildman–Crippen LogP) is 1.69. The minimum absolute atomic E-state index is 0.114. The molecule has 2 aromatic rings. The Bertz CT molecular complexity index is 758. The Hall–Kier alpha value is -2.68. The molecule has 2 N–H and O–H groups in total. The van der Waals surface area contributed by atoms with Gasteiger partial charge in [-0.05, 0) is 52.1 Å². The van der Waals surface area contributed by atoms with Gasteiger partial charge in [-0.15, -0.1) is 0 Å². The van der Waals surface area contributed by atoms with Crippen molar-refractivity contribution < 1.29 is 19.2 Å². The van der Waals surface area contributed by atoms with Crippen LogP contribution in [0.2, 0.25) is 0 Å². The second kappa shape index (κ2) is 11.4. The van der Waals surface area contributed by atoms with Crippen LogP contribution in [-0.2, 0) is 29.6 Å². The molecule has 3 heterocycles. The zero-order valence-corrected chi connectivity index (χ0v) is 17.4. The van der Waals surface area contributed by atoms with E-state index in [2.05, 4.69) is 26.7 Å². The number of nitrogens with zero attached hydrogens (tertiary/aromatic N) is 4. The first-order chi connectivity index (χ1) is 13.9. The molecule has 9 heteroatoms. The summed E-state index contributed by atoms with van der Waals surface area (Å²) in [6.45, 7) is 7.46. The van der Waals surface area contributed by atoms with Crippen LogP contribution in [0, 0.1) is 19.8 Å². The van der Waals surface area contributed by atoms with Gasteiger partial charge < -0.3 is 14.9 Å². The molecular weight excluding hydrogens is 374 g/mol. The van der Waals surface area contributed by atoms with Gasteiger partial charge in [0.05, 0.1) is 11.9 Å². The van der Waals surface area contributed by atoms with Gasteiger partial charge >= 0.3 is 0 Å². The molecule has 0 aromatic carbocycles. The number of hydrogen-bond acceptors (Lipinski definition) is 6. The first-order valence-corrected chi connectivity index (χ1v) is 9.89. The van der Waals surface area contributed by atoms with Crippen LogP contribution in [0.3, 0.4) is 0 Å². The quantitative estimate of drug-likeness (QED) is 0.674. The van der Waals surface area contributed by atoms with Gasteiger partial charge in [-0.2, -0.15) is 5.10 Å². The number of nitrogens with one attached hydrogen (secondary N) is 1. The molecule has 160 valence electrons. The Morgan fingerprint density at radius 3 is 2.62 bits per heavy atom. The van der Waals surface area contributed by atoms with Crippen molar-refractivity contribution in [2.24, 2.45) is 13.0 Å². The Morgan fingerprint density at radius 2 is 2.07 bits per heavy atom. The third kappa shape index (κ3) is 7.34. The van der Waals surface area contributed by atoms with E-state index in [9.17, 15) is 4.79 Å². The molecule has 0 atom stereocenters. The SMILES string of the molecule is Cc1noc(C)c1CCC(=O)NCC1CCN(Cc2cnn(C)c2)CC1.O=CO. The molecule has 1 saturated heterocycles. The van der Waals surface area contributed by atoms with Crippen molar-refractivity contribution in [3.05, 3.63) is 35.0 Å². The van der Waals surface area contributed by atoms with E-state index in [1.807, 2.05) is 31.8 Å². The average Bonchev–Trinajstić information content (AvgIpc) is 3.25. The maximum atomic E-state index is 12.1. The molecule has 0 unspecified atom stereocenters. The molecule has 9 nitrogen and oxygen atoms in total. The number of piperidine rings is 1. The fraction of sp³-hybridized carbons (Fsp3) is 0.600. The number of aryl methyl sites for hydroxylation is 3. The third-order valence-corrected chi connectivity index (χ3v) is 5.24. The first-order valence-electron chi connectivity index (χ1n) is 9.89. The van der Waals surface area contributed by atoms with Gasteiger partial charge in [-0.25, -0.2) is 0 Å². The summed E-state index contributed by atoms with van der Waals surface area (Å²) in [5.41, 5.74) is 3.21. The second-order valence-corrected chi connectivity index (χ2v) is 7.45. The van der Waals surface area contributed by atoms with E-state index in [1.54, 1.807) is 0 Å². The van der Waals surface area contributed by atoms with Crippen LogP contribution in [0.4, 0.5) is 0 Å². The van der Waals surface area contributed by atoms with Crippen molar-refractivity contribution in [1.29, 1.82) is 0 Å². The highest BCUT2D eigenvalue weighted by molar-refractivity contribution is 5.76. The highest BCUT2D eigenvalue weighted by Crippen LogP contribution is 2.18. The lowest BCUT2D eigenvalue weighted by molar-refractivity contribution is -0.123. The molecular formula is C20H31N5O4. The molecule has 1 aliphatic heterocycles. The average molecular weight is 405 g/mol. The number of carbonyl (C=O) groups excluding carboxylic acids is 1. The van der Waals surface area contributed by atoms with Gasteiger partial charge in [0.1, 0.15) is 5.76 Å². The fourth-order valence-electron chi connectivity index (χ4n) is 3.60. The monoisotopic (exact) mass is 405 g/mol. The zero-order valence-electron chi connectivity index (χ0n) is 17.4. The topological polar surface area (TPSA) is 113 Å². The minimum atomic E-state index is -0.250. The number of rotatable bonds is 7. The van der Waals surface area contributed by atoms with Crippen molar-refractivity contribution >= 4 is 12.4 Å². The van der Waals surface area contributed by atoms with Gasteiger partial charge in [0, 0.05) is 43.9 Å². The highest BCUT2D eigenvalue weighted by atomic mass is 16.5. The molecule has 29 heavy (non-hydrogen) atoms. The number of likely N-dealkylation sites (tertiary alicyclic amines) is 1. The molecule has 2 aromatic heterocycles. The van der Waals surface area contributed by atoms with Crippen LogP contribution in [0.15, 0.2) is 16.9 Å². The molecule has 0 radical (unpaired) electrons. The number of amides is 1. The smallest absolute Gasteiger partial charge is 0.290 e. The minimum Gasteiger partial charge on any atom is -0.483 e. The maximum absolute atomic E-state index is 12.1. The zero-order chi connectivity index (χ0) is 21.2. The van der Waals surface area contributed by atoms with Crippen molar-refractivity contribution in [2.75, 3.05) is 19.6 Å². The Labute approximate surface area is 171 Å². The molecule has 1 aliphatic rings. The Morgan fingerprint density at radius 1 is 1.38 bits per heavy atom. The summed E-state index contributed by atoms with van der Waals surface area (Å²) < 4.78 is 6.99. The Balaban J connectivity index is 0.000000941. The molecule has 0 saturated carbocycles. The summed E-state index contributed by atoms with van der Waals surface area (Å²) in [6, 6.07) is 0. The number of aromatic nitrogens is 3. The summed E-state index contributed by atoms with van der Waals surface area (Å²) in [7, 11) is 1.95.